The van der Waals surface area contributed by atoms with Gasteiger partial charge in [-0.25, -0.2) is 4.98 Å². The van der Waals surface area contributed by atoms with Gasteiger partial charge in [-0.3, -0.25) is 0 Å². The number of alkyl halides is 3. The Morgan fingerprint density at radius 2 is 2.00 bits per heavy atom. The zero-order chi connectivity index (χ0) is 14.9. The molecule has 0 atom stereocenters. The normalized spacial score (nSPS) is 11.7. The van der Waals surface area contributed by atoms with Gasteiger partial charge in [0.2, 0.25) is 0 Å². The highest BCUT2D eigenvalue weighted by molar-refractivity contribution is 5.96. The van der Waals surface area contributed by atoms with E-state index >= 15 is 0 Å². The molecule has 108 valence electrons. The number of ether oxygens (including phenoxy) is 1. The number of fused-ring (bicyclic) bond motifs is 1. The molecule has 1 aromatic carbocycles. The van der Waals surface area contributed by atoms with Crippen LogP contribution in [0.4, 0.5) is 18.9 Å². The molecule has 2 rings (SSSR count). The standard InChI is InChI=1S/C14H15F3N2O/c1-4-20-10-7-5-6-9-11(18-3)8(2)13(14(15,16)17)19-12(9)10/h5-7H,4H2,1-3H3,(H,18,19). The van der Waals surface area contributed by atoms with E-state index in [1.807, 2.05) is 0 Å². The molecule has 0 saturated heterocycles. The van der Waals surface area contributed by atoms with Crippen LogP contribution in [-0.4, -0.2) is 18.6 Å². The summed E-state index contributed by atoms with van der Waals surface area (Å²) in [6, 6.07) is 5.08. The van der Waals surface area contributed by atoms with Crippen molar-refractivity contribution in [2.24, 2.45) is 0 Å². The maximum Gasteiger partial charge on any atom is 0.433 e. The van der Waals surface area contributed by atoms with Crippen LogP contribution in [0, 0.1) is 6.92 Å². The maximum atomic E-state index is 13.1. The summed E-state index contributed by atoms with van der Waals surface area (Å²) in [5.41, 5.74) is -0.164. The van der Waals surface area contributed by atoms with E-state index in [4.69, 9.17) is 4.74 Å². The summed E-state index contributed by atoms with van der Waals surface area (Å²) < 4.78 is 44.6. The van der Waals surface area contributed by atoms with Crippen LogP contribution in [0.15, 0.2) is 18.2 Å². The Morgan fingerprint density at radius 1 is 1.30 bits per heavy atom. The average molecular weight is 284 g/mol. The van der Waals surface area contributed by atoms with Crippen LogP contribution >= 0.6 is 0 Å². The number of hydrogen-bond donors (Lipinski definition) is 1. The van der Waals surface area contributed by atoms with E-state index in [9.17, 15) is 13.2 Å². The lowest BCUT2D eigenvalue weighted by Gasteiger charge is -2.17. The van der Waals surface area contributed by atoms with Crippen molar-refractivity contribution in [3.05, 3.63) is 29.5 Å². The largest absolute Gasteiger partial charge is 0.492 e. The molecule has 2 aromatic rings. The molecule has 0 bridgehead atoms. The van der Waals surface area contributed by atoms with Crippen molar-refractivity contribution >= 4 is 16.6 Å². The first-order chi connectivity index (χ1) is 9.40. The third-order valence-electron chi connectivity index (χ3n) is 3.04. The van der Waals surface area contributed by atoms with E-state index in [1.54, 1.807) is 32.2 Å². The van der Waals surface area contributed by atoms with Crippen LogP contribution in [0.3, 0.4) is 0 Å². The summed E-state index contributed by atoms with van der Waals surface area (Å²) >= 11 is 0. The van der Waals surface area contributed by atoms with E-state index < -0.39 is 11.9 Å². The lowest BCUT2D eigenvalue weighted by atomic mass is 10.1. The van der Waals surface area contributed by atoms with Crippen molar-refractivity contribution in [1.82, 2.24) is 4.98 Å². The first kappa shape index (κ1) is 14.4. The number of anilines is 1. The summed E-state index contributed by atoms with van der Waals surface area (Å²) in [5, 5.41) is 3.44. The van der Waals surface area contributed by atoms with Gasteiger partial charge in [-0.1, -0.05) is 12.1 Å². The molecule has 3 nitrogen and oxygen atoms in total. The van der Waals surface area contributed by atoms with Crippen molar-refractivity contribution in [3.63, 3.8) is 0 Å². The molecule has 20 heavy (non-hydrogen) atoms. The molecule has 0 saturated carbocycles. The van der Waals surface area contributed by atoms with Crippen molar-refractivity contribution in [2.45, 2.75) is 20.0 Å². The number of nitrogens with zero attached hydrogens (tertiary/aromatic N) is 1. The topological polar surface area (TPSA) is 34.1 Å². The van der Waals surface area contributed by atoms with E-state index in [-0.39, 0.29) is 11.1 Å². The van der Waals surface area contributed by atoms with Gasteiger partial charge in [-0.15, -0.1) is 0 Å². The van der Waals surface area contributed by atoms with Crippen molar-refractivity contribution in [2.75, 3.05) is 19.0 Å². The predicted molar refractivity (Wildman–Crippen MR) is 72.2 cm³/mol. The second-order valence-corrected chi connectivity index (χ2v) is 4.29. The Bertz CT molecular complexity index is 638. The molecule has 0 amide bonds. The molecule has 0 spiro atoms. The summed E-state index contributed by atoms with van der Waals surface area (Å²) in [6.07, 6.45) is -4.50. The first-order valence-electron chi connectivity index (χ1n) is 6.21. The van der Waals surface area contributed by atoms with Crippen LogP contribution in [0.1, 0.15) is 18.2 Å². The van der Waals surface area contributed by atoms with Gasteiger partial charge in [0.1, 0.15) is 17.0 Å². The Hall–Kier alpha value is -1.98. The molecule has 0 radical (unpaired) electrons. The van der Waals surface area contributed by atoms with Crippen LogP contribution in [-0.2, 0) is 6.18 Å². The lowest BCUT2D eigenvalue weighted by molar-refractivity contribution is -0.141. The van der Waals surface area contributed by atoms with Crippen LogP contribution in [0.25, 0.3) is 10.9 Å². The Balaban J connectivity index is 2.85. The fourth-order valence-corrected chi connectivity index (χ4v) is 2.23. The van der Waals surface area contributed by atoms with E-state index in [0.29, 0.717) is 23.4 Å². The summed E-state index contributed by atoms with van der Waals surface area (Å²) in [6.45, 7) is 3.55. The fourth-order valence-electron chi connectivity index (χ4n) is 2.23. The Morgan fingerprint density at radius 3 is 2.55 bits per heavy atom. The minimum atomic E-state index is -4.50. The van der Waals surface area contributed by atoms with Gasteiger partial charge < -0.3 is 10.1 Å². The van der Waals surface area contributed by atoms with Crippen molar-refractivity contribution in [1.29, 1.82) is 0 Å². The molecule has 0 aliphatic heterocycles. The van der Waals surface area contributed by atoms with Crippen LogP contribution < -0.4 is 10.1 Å². The summed E-state index contributed by atoms with van der Waals surface area (Å²) in [5.74, 6) is 0.354. The molecule has 0 unspecified atom stereocenters. The molecule has 0 aliphatic carbocycles. The Labute approximate surface area is 114 Å². The minimum absolute atomic E-state index is 0.0844. The van der Waals surface area contributed by atoms with Crippen molar-refractivity contribution in [3.8, 4) is 5.75 Å². The van der Waals surface area contributed by atoms with Crippen LogP contribution in [0.2, 0.25) is 0 Å². The number of pyridine rings is 1. The van der Waals surface area contributed by atoms with E-state index in [0.717, 1.165) is 0 Å². The number of rotatable bonds is 3. The van der Waals surface area contributed by atoms with Crippen LogP contribution in [0.5, 0.6) is 5.75 Å². The zero-order valence-electron chi connectivity index (χ0n) is 11.4. The molecule has 0 fully saturated rings. The third-order valence-corrected chi connectivity index (χ3v) is 3.04. The number of para-hydroxylation sites is 1. The number of aromatic nitrogens is 1. The first-order valence-corrected chi connectivity index (χ1v) is 6.21. The average Bonchev–Trinajstić information content (AvgIpc) is 2.37. The quantitative estimate of drug-likeness (QED) is 0.925. The second kappa shape index (κ2) is 5.19. The molecule has 1 N–H and O–H groups in total. The molecule has 0 aliphatic rings. The smallest absolute Gasteiger partial charge is 0.433 e. The maximum absolute atomic E-state index is 13.1. The fraction of sp³-hybridized carbons (Fsp3) is 0.357. The zero-order valence-corrected chi connectivity index (χ0v) is 11.4. The van der Waals surface area contributed by atoms with Gasteiger partial charge in [-0.2, -0.15) is 13.2 Å². The lowest BCUT2D eigenvalue weighted by Crippen LogP contribution is -2.13. The monoisotopic (exact) mass is 284 g/mol. The van der Waals surface area contributed by atoms with E-state index in [1.165, 1.54) is 6.92 Å². The van der Waals surface area contributed by atoms with Gasteiger partial charge in [0, 0.05) is 23.7 Å². The molecular formula is C14H15F3N2O. The molecule has 1 aromatic heterocycles. The number of nitrogens with one attached hydrogen (secondary N) is 1. The molecule has 1 heterocycles. The number of hydrogen-bond acceptors (Lipinski definition) is 3. The molecular weight excluding hydrogens is 269 g/mol. The van der Waals surface area contributed by atoms with Gasteiger partial charge in [0.15, 0.2) is 0 Å². The van der Waals surface area contributed by atoms with Gasteiger partial charge >= 0.3 is 6.18 Å². The van der Waals surface area contributed by atoms with Gasteiger partial charge in [0.05, 0.1) is 6.61 Å². The number of benzene rings is 1. The third kappa shape index (κ3) is 2.37. The molecule has 6 heteroatoms. The highest BCUT2D eigenvalue weighted by atomic mass is 19.4. The summed E-state index contributed by atoms with van der Waals surface area (Å²) in [4.78, 5) is 3.78. The second-order valence-electron chi connectivity index (χ2n) is 4.29. The minimum Gasteiger partial charge on any atom is -0.492 e. The predicted octanol–water partition coefficient (Wildman–Crippen LogP) is 4.00. The SMILES string of the molecule is CCOc1cccc2c(NC)c(C)c(C(F)(F)F)nc12. The van der Waals surface area contributed by atoms with Gasteiger partial charge in [0.25, 0.3) is 0 Å². The van der Waals surface area contributed by atoms with Crippen molar-refractivity contribution < 1.29 is 17.9 Å². The number of halogens is 3. The summed E-state index contributed by atoms with van der Waals surface area (Å²) in [7, 11) is 1.59. The van der Waals surface area contributed by atoms with Gasteiger partial charge in [-0.05, 0) is 19.9 Å². The highest BCUT2D eigenvalue weighted by Crippen LogP contribution is 2.39. The highest BCUT2D eigenvalue weighted by Gasteiger charge is 2.36. The Kier molecular flexibility index (Phi) is 3.74. The van der Waals surface area contributed by atoms with E-state index in [2.05, 4.69) is 10.3 Å².